The standard InChI is InChI=1S/C23H19FN4O2S/c1-29-20-12-7-17(13-21(20)30-15-16-5-3-2-4-6-16)14-25-28-22(26-27-23(28)31)18-8-10-19(24)11-9-18/h2-14H,15H2,1H3,(H,27,31)/b25-14+. The first kappa shape index (κ1) is 20.5. The Kier molecular flexibility index (Phi) is 6.18. The molecule has 4 aromatic rings. The molecule has 3 aromatic carbocycles. The van der Waals surface area contributed by atoms with Crippen molar-refractivity contribution in [3.8, 4) is 22.9 Å². The van der Waals surface area contributed by atoms with Crippen LogP contribution in [0.1, 0.15) is 11.1 Å². The second kappa shape index (κ2) is 9.36. The van der Waals surface area contributed by atoms with Gasteiger partial charge in [-0.3, -0.25) is 0 Å². The van der Waals surface area contributed by atoms with Gasteiger partial charge < -0.3 is 9.47 Å². The third-order valence-corrected chi connectivity index (χ3v) is 4.76. The highest BCUT2D eigenvalue weighted by Gasteiger charge is 2.09. The van der Waals surface area contributed by atoms with Crippen LogP contribution in [0, 0.1) is 10.6 Å². The molecule has 0 saturated heterocycles. The highest BCUT2D eigenvalue weighted by molar-refractivity contribution is 7.71. The van der Waals surface area contributed by atoms with E-state index in [0.29, 0.717) is 34.3 Å². The summed E-state index contributed by atoms with van der Waals surface area (Å²) in [6.07, 6.45) is 1.65. The van der Waals surface area contributed by atoms with E-state index in [2.05, 4.69) is 15.3 Å². The second-order valence-corrected chi connectivity index (χ2v) is 6.99. The lowest BCUT2D eigenvalue weighted by Crippen LogP contribution is -1.99. The van der Waals surface area contributed by atoms with Crippen LogP contribution < -0.4 is 9.47 Å². The number of aromatic amines is 1. The maximum Gasteiger partial charge on any atom is 0.216 e. The van der Waals surface area contributed by atoms with E-state index in [4.69, 9.17) is 21.7 Å². The van der Waals surface area contributed by atoms with E-state index in [0.717, 1.165) is 11.1 Å². The van der Waals surface area contributed by atoms with Gasteiger partial charge in [-0.05, 0) is 65.8 Å². The molecule has 1 heterocycles. The van der Waals surface area contributed by atoms with Gasteiger partial charge in [-0.2, -0.15) is 14.9 Å². The van der Waals surface area contributed by atoms with Crippen molar-refractivity contribution in [2.75, 3.05) is 7.11 Å². The molecular weight excluding hydrogens is 415 g/mol. The summed E-state index contributed by atoms with van der Waals surface area (Å²) in [7, 11) is 1.60. The molecule has 8 heteroatoms. The van der Waals surface area contributed by atoms with Crippen LogP contribution in [0.15, 0.2) is 77.9 Å². The molecule has 0 bridgehead atoms. The maximum atomic E-state index is 13.2. The molecule has 0 radical (unpaired) electrons. The smallest absolute Gasteiger partial charge is 0.216 e. The van der Waals surface area contributed by atoms with Crippen LogP contribution in [0.25, 0.3) is 11.4 Å². The summed E-state index contributed by atoms with van der Waals surface area (Å²) in [5.74, 6) is 1.38. The predicted octanol–water partition coefficient (Wildman–Crippen LogP) is 5.22. The molecule has 0 aliphatic heterocycles. The second-order valence-electron chi connectivity index (χ2n) is 6.60. The molecule has 0 saturated carbocycles. The Hall–Kier alpha value is -3.78. The molecule has 0 unspecified atom stereocenters. The van der Waals surface area contributed by atoms with Crippen molar-refractivity contribution in [1.82, 2.24) is 14.9 Å². The molecule has 0 fully saturated rings. The minimum Gasteiger partial charge on any atom is -0.493 e. The van der Waals surface area contributed by atoms with Crippen molar-refractivity contribution in [2.24, 2.45) is 5.10 Å². The van der Waals surface area contributed by atoms with Crippen LogP contribution in [0.4, 0.5) is 4.39 Å². The number of benzene rings is 3. The van der Waals surface area contributed by atoms with E-state index in [1.54, 1.807) is 25.5 Å². The fraction of sp³-hybridized carbons (Fsp3) is 0.0870. The summed E-state index contributed by atoms with van der Waals surface area (Å²) in [5.41, 5.74) is 2.53. The number of ether oxygens (including phenoxy) is 2. The normalized spacial score (nSPS) is 11.0. The average molecular weight is 434 g/mol. The average Bonchev–Trinajstić information content (AvgIpc) is 3.17. The number of aromatic nitrogens is 3. The number of nitrogens with one attached hydrogen (secondary N) is 1. The summed E-state index contributed by atoms with van der Waals surface area (Å²) < 4.78 is 26.4. The number of nitrogens with zero attached hydrogens (tertiary/aromatic N) is 3. The van der Waals surface area contributed by atoms with E-state index in [1.807, 2.05) is 48.5 Å². The fourth-order valence-corrected chi connectivity index (χ4v) is 3.11. The Bertz CT molecular complexity index is 1250. The topological polar surface area (TPSA) is 64.4 Å². The van der Waals surface area contributed by atoms with Crippen LogP contribution in [0.2, 0.25) is 0 Å². The van der Waals surface area contributed by atoms with Crippen molar-refractivity contribution in [1.29, 1.82) is 0 Å². The molecule has 31 heavy (non-hydrogen) atoms. The van der Waals surface area contributed by atoms with Crippen molar-refractivity contribution in [2.45, 2.75) is 6.61 Å². The first-order valence-electron chi connectivity index (χ1n) is 9.46. The lowest BCUT2D eigenvalue weighted by atomic mass is 10.2. The Morgan fingerprint density at radius 2 is 1.84 bits per heavy atom. The molecule has 0 spiro atoms. The lowest BCUT2D eigenvalue weighted by molar-refractivity contribution is 0.284. The summed E-state index contributed by atoms with van der Waals surface area (Å²) in [4.78, 5) is 0. The highest BCUT2D eigenvalue weighted by Crippen LogP contribution is 2.28. The summed E-state index contributed by atoms with van der Waals surface area (Å²) in [6.45, 7) is 0.416. The molecule has 0 atom stereocenters. The molecule has 0 amide bonds. The van der Waals surface area contributed by atoms with Gasteiger partial charge >= 0.3 is 0 Å². The Morgan fingerprint density at radius 3 is 2.58 bits per heavy atom. The van der Waals surface area contributed by atoms with Crippen molar-refractivity contribution in [3.63, 3.8) is 0 Å². The van der Waals surface area contributed by atoms with Crippen LogP contribution in [0.3, 0.4) is 0 Å². The van der Waals surface area contributed by atoms with Crippen molar-refractivity contribution in [3.05, 3.63) is 94.5 Å². The Morgan fingerprint density at radius 1 is 1.06 bits per heavy atom. The largest absolute Gasteiger partial charge is 0.493 e. The third-order valence-electron chi connectivity index (χ3n) is 4.50. The zero-order chi connectivity index (χ0) is 21.6. The first-order valence-corrected chi connectivity index (χ1v) is 9.87. The van der Waals surface area contributed by atoms with Crippen molar-refractivity contribution >= 4 is 18.4 Å². The Labute approximate surface area is 183 Å². The number of hydrogen-bond donors (Lipinski definition) is 1. The number of halogens is 1. The first-order chi connectivity index (χ1) is 15.1. The summed E-state index contributed by atoms with van der Waals surface area (Å²) in [5, 5.41) is 11.4. The van der Waals surface area contributed by atoms with Crippen molar-refractivity contribution < 1.29 is 13.9 Å². The van der Waals surface area contributed by atoms with Gasteiger partial charge in [-0.1, -0.05) is 30.3 Å². The number of H-pyrrole nitrogens is 1. The SMILES string of the molecule is COc1ccc(/C=N/n2c(-c3ccc(F)cc3)n[nH]c2=S)cc1OCc1ccccc1. The quantitative estimate of drug-likeness (QED) is 0.320. The minimum absolute atomic E-state index is 0.324. The van der Waals surface area contributed by atoms with Crippen LogP contribution in [0.5, 0.6) is 11.5 Å². The molecule has 6 nitrogen and oxygen atoms in total. The van der Waals surface area contributed by atoms with Gasteiger partial charge in [0.15, 0.2) is 17.3 Å². The molecule has 0 aliphatic carbocycles. The minimum atomic E-state index is -0.325. The predicted molar refractivity (Wildman–Crippen MR) is 120 cm³/mol. The van der Waals surface area contributed by atoms with E-state index in [1.165, 1.54) is 16.8 Å². The molecule has 1 N–H and O–H groups in total. The zero-order valence-electron chi connectivity index (χ0n) is 16.7. The Balaban J connectivity index is 1.59. The number of rotatable bonds is 7. The molecule has 4 rings (SSSR count). The fourth-order valence-electron chi connectivity index (χ4n) is 2.93. The highest BCUT2D eigenvalue weighted by atomic mass is 32.1. The maximum absolute atomic E-state index is 13.2. The van der Waals surface area contributed by atoms with Gasteiger partial charge in [0.05, 0.1) is 13.3 Å². The third kappa shape index (κ3) is 4.87. The molecule has 1 aromatic heterocycles. The van der Waals surface area contributed by atoms with E-state index >= 15 is 0 Å². The lowest BCUT2D eigenvalue weighted by Gasteiger charge is -2.11. The van der Waals surface area contributed by atoms with Gasteiger partial charge in [0.1, 0.15) is 12.4 Å². The van der Waals surface area contributed by atoms with E-state index in [9.17, 15) is 4.39 Å². The van der Waals surface area contributed by atoms with Gasteiger partial charge in [0.2, 0.25) is 4.77 Å². The molecule has 0 aliphatic rings. The monoisotopic (exact) mass is 434 g/mol. The van der Waals surface area contributed by atoms with Crippen LogP contribution in [-0.4, -0.2) is 28.2 Å². The van der Waals surface area contributed by atoms with E-state index in [-0.39, 0.29) is 5.82 Å². The van der Waals surface area contributed by atoms with Crippen LogP contribution >= 0.6 is 12.2 Å². The van der Waals surface area contributed by atoms with Gasteiger partial charge in [0, 0.05) is 5.56 Å². The summed E-state index contributed by atoms with van der Waals surface area (Å²) >= 11 is 5.29. The van der Waals surface area contributed by atoms with Gasteiger partial charge in [-0.25, -0.2) is 9.49 Å². The van der Waals surface area contributed by atoms with Crippen LogP contribution in [-0.2, 0) is 6.61 Å². The van der Waals surface area contributed by atoms with Gasteiger partial charge in [-0.15, -0.1) is 0 Å². The number of methoxy groups -OCH3 is 1. The molecule has 156 valence electrons. The number of hydrogen-bond acceptors (Lipinski definition) is 5. The summed E-state index contributed by atoms with van der Waals surface area (Å²) in [6, 6.07) is 21.4. The van der Waals surface area contributed by atoms with E-state index < -0.39 is 0 Å². The zero-order valence-corrected chi connectivity index (χ0v) is 17.5. The molecular formula is C23H19FN4O2S. The van der Waals surface area contributed by atoms with Gasteiger partial charge in [0.25, 0.3) is 0 Å².